The number of nitrogens with two attached hydrogens (primary N) is 1. The van der Waals surface area contributed by atoms with Gasteiger partial charge in [0.25, 0.3) is 0 Å². The van der Waals surface area contributed by atoms with Crippen molar-refractivity contribution in [3.8, 4) is 0 Å². The molecule has 2 aromatic carbocycles. The molecule has 2 rings (SSSR count). The average Bonchev–Trinajstić information content (AvgIpc) is 2.37. The van der Waals surface area contributed by atoms with Gasteiger partial charge in [-0.3, -0.25) is 0 Å². The molecule has 19 heavy (non-hydrogen) atoms. The molecular weight excluding hydrogens is 256 g/mol. The van der Waals surface area contributed by atoms with E-state index >= 15 is 0 Å². The van der Waals surface area contributed by atoms with Crippen LogP contribution in [-0.4, -0.2) is 7.05 Å². The van der Waals surface area contributed by atoms with Crippen LogP contribution in [0.2, 0.25) is 5.02 Å². The van der Waals surface area contributed by atoms with Crippen LogP contribution in [0, 0.1) is 6.92 Å². The summed E-state index contributed by atoms with van der Waals surface area (Å²) >= 11 is 6.36. The summed E-state index contributed by atoms with van der Waals surface area (Å²) < 4.78 is 0. The van der Waals surface area contributed by atoms with Crippen LogP contribution in [0.5, 0.6) is 0 Å². The SMILES string of the molecule is Cc1cccc(N(C)c2ccc([C@H](C)N)cc2Cl)c1. The molecule has 3 heteroatoms. The zero-order chi connectivity index (χ0) is 14.0. The fourth-order valence-electron chi connectivity index (χ4n) is 2.05. The Balaban J connectivity index is 2.36. The minimum Gasteiger partial charge on any atom is -0.343 e. The van der Waals surface area contributed by atoms with E-state index in [1.165, 1.54) is 5.56 Å². The predicted molar refractivity (Wildman–Crippen MR) is 83.3 cm³/mol. The maximum absolute atomic E-state index is 6.36. The molecular formula is C16H19ClN2. The van der Waals surface area contributed by atoms with Gasteiger partial charge in [0.2, 0.25) is 0 Å². The third kappa shape index (κ3) is 3.09. The van der Waals surface area contributed by atoms with Gasteiger partial charge in [-0.25, -0.2) is 0 Å². The summed E-state index contributed by atoms with van der Waals surface area (Å²) in [5.41, 5.74) is 10.2. The molecule has 2 N–H and O–H groups in total. The van der Waals surface area contributed by atoms with E-state index in [0.29, 0.717) is 0 Å². The van der Waals surface area contributed by atoms with Gasteiger partial charge in [0, 0.05) is 18.8 Å². The second-order valence-electron chi connectivity index (χ2n) is 4.90. The highest BCUT2D eigenvalue weighted by molar-refractivity contribution is 6.33. The quantitative estimate of drug-likeness (QED) is 0.897. The molecule has 0 amide bonds. The van der Waals surface area contributed by atoms with E-state index in [9.17, 15) is 0 Å². The van der Waals surface area contributed by atoms with Gasteiger partial charge < -0.3 is 10.6 Å². The summed E-state index contributed by atoms with van der Waals surface area (Å²) in [6, 6.07) is 14.3. The number of nitrogens with zero attached hydrogens (tertiary/aromatic N) is 1. The van der Waals surface area contributed by atoms with Gasteiger partial charge in [-0.05, 0) is 49.2 Å². The van der Waals surface area contributed by atoms with Crippen molar-refractivity contribution in [1.82, 2.24) is 0 Å². The van der Waals surface area contributed by atoms with Crippen molar-refractivity contribution in [3.63, 3.8) is 0 Å². The van der Waals surface area contributed by atoms with Crippen molar-refractivity contribution in [2.24, 2.45) is 5.73 Å². The van der Waals surface area contributed by atoms with Crippen LogP contribution in [0.1, 0.15) is 24.1 Å². The van der Waals surface area contributed by atoms with Crippen molar-refractivity contribution in [2.45, 2.75) is 19.9 Å². The van der Waals surface area contributed by atoms with E-state index in [0.717, 1.165) is 22.0 Å². The van der Waals surface area contributed by atoms with E-state index in [1.54, 1.807) is 0 Å². The van der Waals surface area contributed by atoms with Crippen molar-refractivity contribution in [1.29, 1.82) is 0 Å². The lowest BCUT2D eigenvalue weighted by molar-refractivity contribution is 0.818. The molecule has 0 heterocycles. The first kappa shape index (κ1) is 13.9. The van der Waals surface area contributed by atoms with Crippen LogP contribution < -0.4 is 10.6 Å². The molecule has 2 nitrogen and oxygen atoms in total. The van der Waals surface area contributed by atoms with E-state index in [4.69, 9.17) is 17.3 Å². The Kier molecular flexibility index (Phi) is 4.13. The van der Waals surface area contributed by atoms with E-state index in [2.05, 4.69) is 30.0 Å². The number of hydrogen-bond donors (Lipinski definition) is 1. The second-order valence-corrected chi connectivity index (χ2v) is 5.30. The number of anilines is 2. The number of halogens is 1. The van der Waals surface area contributed by atoms with Gasteiger partial charge in [0.05, 0.1) is 10.7 Å². The fourth-order valence-corrected chi connectivity index (χ4v) is 2.37. The Morgan fingerprint density at radius 1 is 1.16 bits per heavy atom. The van der Waals surface area contributed by atoms with Crippen LogP contribution in [0.3, 0.4) is 0 Å². The number of benzene rings is 2. The second kappa shape index (κ2) is 5.64. The van der Waals surface area contributed by atoms with Gasteiger partial charge >= 0.3 is 0 Å². The lowest BCUT2D eigenvalue weighted by Gasteiger charge is -2.22. The molecule has 0 saturated heterocycles. The lowest BCUT2D eigenvalue weighted by Crippen LogP contribution is -2.11. The number of hydrogen-bond acceptors (Lipinski definition) is 2. The molecule has 2 aromatic rings. The van der Waals surface area contributed by atoms with Crippen LogP contribution in [0.25, 0.3) is 0 Å². The molecule has 100 valence electrons. The first-order chi connectivity index (χ1) is 8.99. The molecule has 0 unspecified atom stereocenters. The summed E-state index contributed by atoms with van der Waals surface area (Å²) in [5, 5.41) is 0.721. The smallest absolute Gasteiger partial charge is 0.0646 e. The Hall–Kier alpha value is -1.51. The number of aryl methyl sites for hydroxylation is 1. The van der Waals surface area contributed by atoms with Crippen molar-refractivity contribution in [2.75, 3.05) is 11.9 Å². The van der Waals surface area contributed by atoms with Gasteiger partial charge in [-0.1, -0.05) is 29.8 Å². The van der Waals surface area contributed by atoms with Gasteiger partial charge in [0.1, 0.15) is 0 Å². The summed E-state index contributed by atoms with van der Waals surface area (Å²) in [6.07, 6.45) is 0. The van der Waals surface area contributed by atoms with Crippen LogP contribution in [0.4, 0.5) is 11.4 Å². The van der Waals surface area contributed by atoms with Crippen LogP contribution in [0.15, 0.2) is 42.5 Å². The first-order valence-electron chi connectivity index (χ1n) is 6.34. The molecule has 0 radical (unpaired) electrons. The van der Waals surface area contributed by atoms with E-state index < -0.39 is 0 Å². The van der Waals surface area contributed by atoms with Crippen LogP contribution in [-0.2, 0) is 0 Å². The zero-order valence-electron chi connectivity index (χ0n) is 11.5. The van der Waals surface area contributed by atoms with Gasteiger partial charge in [-0.2, -0.15) is 0 Å². The summed E-state index contributed by atoms with van der Waals surface area (Å²) in [4.78, 5) is 2.08. The Morgan fingerprint density at radius 2 is 1.89 bits per heavy atom. The maximum atomic E-state index is 6.36. The average molecular weight is 275 g/mol. The Labute approximate surface area is 119 Å². The monoisotopic (exact) mass is 274 g/mol. The standard InChI is InChI=1S/C16H19ClN2/c1-11-5-4-6-14(9-11)19(3)16-8-7-13(12(2)18)10-15(16)17/h4-10,12H,18H2,1-3H3/t12-/m0/s1. The van der Waals surface area contributed by atoms with Crippen LogP contribution >= 0.6 is 11.6 Å². The van der Waals surface area contributed by atoms with Crippen molar-refractivity contribution >= 4 is 23.0 Å². The molecule has 0 aromatic heterocycles. The largest absolute Gasteiger partial charge is 0.343 e. The Morgan fingerprint density at radius 3 is 2.47 bits per heavy atom. The first-order valence-corrected chi connectivity index (χ1v) is 6.72. The molecule has 0 aliphatic rings. The summed E-state index contributed by atoms with van der Waals surface area (Å²) in [6.45, 7) is 4.04. The molecule has 0 bridgehead atoms. The van der Waals surface area contributed by atoms with Gasteiger partial charge in [0.15, 0.2) is 0 Å². The van der Waals surface area contributed by atoms with E-state index in [-0.39, 0.29) is 6.04 Å². The predicted octanol–water partition coefficient (Wildman–Crippen LogP) is 4.44. The van der Waals surface area contributed by atoms with Gasteiger partial charge in [-0.15, -0.1) is 0 Å². The lowest BCUT2D eigenvalue weighted by atomic mass is 10.1. The summed E-state index contributed by atoms with van der Waals surface area (Å²) in [7, 11) is 2.02. The molecule has 0 aliphatic heterocycles. The minimum absolute atomic E-state index is 0.00386. The highest BCUT2D eigenvalue weighted by Crippen LogP contribution is 2.32. The highest BCUT2D eigenvalue weighted by Gasteiger charge is 2.10. The normalized spacial score (nSPS) is 12.3. The molecule has 0 fully saturated rings. The molecule has 0 saturated carbocycles. The van der Waals surface area contributed by atoms with E-state index in [1.807, 2.05) is 38.2 Å². The fraction of sp³-hybridized carbons (Fsp3) is 0.250. The highest BCUT2D eigenvalue weighted by atomic mass is 35.5. The topological polar surface area (TPSA) is 29.3 Å². The molecule has 1 atom stereocenters. The minimum atomic E-state index is -0.00386. The maximum Gasteiger partial charge on any atom is 0.0646 e. The third-order valence-corrected chi connectivity index (χ3v) is 3.55. The van der Waals surface area contributed by atoms with Crippen molar-refractivity contribution < 1.29 is 0 Å². The third-order valence-electron chi connectivity index (χ3n) is 3.25. The summed E-state index contributed by atoms with van der Waals surface area (Å²) in [5.74, 6) is 0. The molecule has 0 aliphatic carbocycles. The molecule has 0 spiro atoms. The zero-order valence-corrected chi connectivity index (χ0v) is 12.3. The number of rotatable bonds is 3. The Bertz CT molecular complexity index is 579. The van der Waals surface area contributed by atoms with Crippen molar-refractivity contribution in [3.05, 3.63) is 58.6 Å².